The molecule has 0 bridgehead atoms. The highest BCUT2D eigenvalue weighted by Crippen LogP contribution is 2.27. The number of nitrogens with one attached hydrogen (secondary N) is 2. The first-order chi connectivity index (χ1) is 12.0. The highest BCUT2D eigenvalue weighted by molar-refractivity contribution is 7.18. The lowest BCUT2D eigenvalue weighted by Gasteiger charge is -2.18. The number of rotatable bonds is 7. The zero-order chi connectivity index (χ0) is 18.4. The summed E-state index contributed by atoms with van der Waals surface area (Å²) in [5.74, 6) is -0.641. The van der Waals surface area contributed by atoms with Crippen molar-refractivity contribution in [1.29, 1.82) is 0 Å². The van der Waals surface area contributed by atoms with Gasteiger partial charge in [0.25, 0.3) is 11.8 Å². The van der Waals surface area contributed by atoms with Gasteiger partial charge < -0.3 is 20.0 Å². The van der Waals surface area contributed by atoms with Crippen LogP contribution in [0.2, 0.25) is 0 Å². The number of hydrogen-bond acceptors (Lipinski definition) is 5. The van der Waals surface area contributed by atoms with Gasteiger partial charge in [0.1, 0.15) is 0 Å². The second-order valence-corrected chi connectivity index (χ2v) is 6.36. The molecular formula is C17H21N3O4S. The first-order valence-electron chi connectivity index (χ1n) is 7.97. The standard InChI is InChI=1S/C17H21N3O4S/c1-4-20(5-2)14(21)10-18-17(23)15-11(3)9-13(25-15)19-16(22)12-7-6-8-24-12/h6-9H,4-5,10H2,1-3H3,(H,18,23)(H,19,22). The summed E-state index contributed by atoms with van der Waals surface area (Å²) in [4.78, 5) is 38.3. The van der Waals surface area contributed by atoms with Crippen molar-refractivity contribution in [3.63, 3.8) is 0 Å². The van der Waals surface area contributed by atoms with Gasteiger partial charge in [-0.2, -0.15) is 0 Å². The molecule has 2 aromatic heterocycles. The fourth-order valence-electron chi connectivity index (χ4n) is 2.27. The van der Waals surface area contributed by atoms with E-state index in [2.05, 4.69) is 10.6 Å². The molecule has 0 aliphatic heterocycles. The van der Waals surface area contributed by atoms with Crippen LogP contribution >= 0.6 is 11.3 Å². The minimum atomic E-state index is -0.380. The van der Waals surface area contributed by atoms with Crippen LogP contribution in [0.4, 0.5) is 5.00 Å². The molecule has 2 N–H and O–H groups in total. The Balaban J connectivity index is 1.98. The van der Waals surface area contributed by atoms with Gasteiger partial charge >= 0.3 is 0 Å². The topological polar surface area (TPSA) is 91.7 Å². The molecule has 3 amide bonds. The average molecular weight is 363 g/mol. The van der Waals surface area contributed by atoms with E-state index in [4.69, 9.17) is 4.42 Å². The normalized spacial score (nSPS) is 10.4. The summed E-state index contributed by atoms with van der Waals surface area (Å²) in [6, 6.07) is 4.90. The molecule has 0 spiro atoms. The van der Waals surface area contributed by atoms with Crippen molar-refractivity contribution in [1.82, 2.24) is 10.2 Å². The smallest absolute Gasteiger partial charge is 0.291 e. The number of nitrogens with zero attached hydrogens (tertiary/aromatic N) is 1. The number of amides is 3. The van der Waals surface area contributed by atoms with E-state index in [1.807, 2.05) is 13.8 Å². The van der Waals surface area contributed by atoms with E-state index in [1.54, 1.807) is 30.0 Å². The fourth-order valence-corrected chi connectivity index (χ4v) is 3.26. The quantitative estimate of drug-likeness (QED) is 0.791. The lowest BCUT2D eigenvalue weighted by Crippen LogP contribution is -2.39. The Morgan fingerprint density at radius 3 is 2.52 bits per heavy atom. The number of aryl methyl sites for hydroxylation is 1. The molecule has 134 valence electrons. The van der Waals surface area contributed by atoms with Crippen LogP contribution in [0.3, 0.4) is 0 Å². The summed E-state index contributed by atoms with van der Waals surface area (Å²) in [5, 5.41) is 5.87. The van der Waals surface area contributed by atoms with Crippen LogP contribution in [0.1, 0.15) is 39.6 Å². The second kappa shape index (κ2) is 8.48. The molecular weight excluding hydrogens is 342 g/mol. The lowest BCUT2D eigenvalue weighted by atomic mass is 10.2. The Labute approximate surface area is 150 Å². The van der Waals surface area contributed by atoms with E-state index >= 15 is 0 Å². The predicted molar refractivity (Wildman–Crippen MR) is 96.0 cm³/mol. The Hall–Kier alpha value is -2.61. The Kier molecular flexibility index (Phi) is 6.35. The Morgan fingerprint density at radius 2 is 1.92 bits per heavy atom. The van der Waals surface area contributed by atoms with E-state index in [1.165, 1.54) is 6.26 Å². The number of anilines is 1. The minimum Gasteiger partial charge on any atom is -0.459 e. The molecule has 0 saturated heterocycles. The first kappa shape index (κ1) is 18.7. The highest BCUT2D eigenvalue weighted by atomic mass is 32.1. The maximum atomic E-state index is 12.3. The molecule has 0 aliphatic rings. The van der Waals surface area contributed by atoms with Gasteiger partial charge in [0, 0.05) is 13.1 Å². The van der Waals surface area contributed by atoms with Crippen molar-refractivity contribution < 1.29 is 18.8 Å². The SMILES string of the molecule is CCN(CC)C(=O)CNC(=O)c1sc(NC(=O)c2ccco2)cc1C. The van der Waals surface area contributed by atoms with Crippen LogP contribution < -0.4 is 10.6 Å². The lowest BCUT2D eigenvalue weighted by molar-refractivity contribution is -0.129. The molecule has 0 unspecified atom stereocenters. The summed E-state index contributed by atoms with van der Waals surface area (Å²) in [6.07, 6.45) is 1.42. The van der Waals surface area contributed by atoms with Gasteiger partial charge in [-0.3, -0.25) is 14.4 Å². The van der Waals surface area contributed by atoms with E-state index in [0.29, 0.717) is 23.0 Å². The summed E-state index contributed by atoms with van der Waals surface area (Å²) in [7, 11) is 0. The Bertz CT molecular complexity index is 748. The molecule has 0 aliphatic carbocycles. The van der Waals surface area contributed by atoms with E-state index in [9.17, 15) is 14.4 Å². The molecule has 2 aromatic rings. The van der Waals surface area contributed by atoms with Gasteiger partial charge in [0.05, 0.1) is 22.7 Å². The van der Waals surface area contributed by atoms with Crippen molar-refractivity contribution in [3.8, 4) is 0 Å². The first-order valence-corrected chi connectivity index (χ1v) is 8.79. The van der Waals surface area contributed by atoms with Crippen LogP contribution in [0, 0.1) is 6.92 Å². The zero-order valence-corrected chi connectivity index (χ0v) is 15.2. The number of furan rings is 1. The van der Waals surface area contributed by atoms with Crippen molar-refractivity contribution in [2.45, 2.75) is 20.8 Å². The average Bonchev–Trinajstić information content (AvgIpc) is 3.23. The monoisotopic (exact) mass is 363 g/mol. The van der Waals surface area contributed by atoms with Crippen LogP contribution in [0.15, 0.2) is 28.9 Å². The van der Waals surface area contributed by atoms with Crippen molar-refractivity contribution in [2.24, 2.45) is 0 Å². The number of hydrogen-bond donors (Lipinski definition) is 2. The van der Waals surface area contributed by atoms with Crippen molar-refractivity contribution >= 4 is 34.1 Å². The fraction of sp³-hybridized carbons (Fsp3) is 0.353. The molecule has 0 saturated carbocycles. The minimum absolute atomic E-state index is 0.0497. The van der Waals surface area contributed by atoms with E-state index < -0.39 is 0 Å². The number of carbonyl (C=O) groups excluding carboxylic acids is 3. The second-order valence-electron chi connectivity index (χ2n) is 5.30. The predicted octanol–water partition coefficient (Wildman–Crippen LogP) is 2.50. The van der Waals surface area contributed by atoms with Crippen LogP contribution in [0.25, 0.3) is 0 Å². The summed E-state index contributed by atoms with van der Waals surface area (Å²) < 4.78 is 5.03. The number of carbonyl (C=O) groups is 3. The van der Waals surface area contributed by atoms with E-state index in [0.717, 1.165) is 16.9 Å². The van der Waals surface area contributed by atoms with Crippen LogP contribution in [0.5, 0.6) is 0 Å². The Morgan fingerprint density at radius 1 is 1.20 bits per heavy atom. The zero-order valence-electron chi connectivity index (χ0n) is 14.4. The third kappa shape index (κ3) is 4.69. The molecule has 2 heterocycles. The van der Waals surface area contributed by atoms with Gasteiger partial charge in [-0.15, -0.1) is 11.3 Å². The van der Waals surface area contributed by atoms with Crippen molar-refractivity contribution in [2.75, 3.05) is 25.0 Å². The molecule has 2 rings (SSSR count). The summed E-state index contributed by atoms with van der Waals surface area (Å²) >= 11 is 1.15. The molecule has 0 aromatic carbocycles. The molecule has 0 fully saturated rings. The van der Waals surface area contributed by atoms with Gasteiger partial charge in [0.15, 0.2) is 5.76 Å². The van der Waals surface area contributed by atoms with E-state index in [-0.39, 0.29) is 30.0 Å². The van der Waals surface area contributed by atoms with Gasteiger partial charge in [0.2, 0.25) is 5.91 Å². The third-order valence-electron chi connectivity index (χ3n) is 3.62. The maximum Gasteiger partial charge on any atom is 0.291 e. The third-order valence-corrected chi connectivity index (χ3v) is 4.77. The molecule has 0 atom stereocenters. The summed E-state index contributed by atoms with van der Waals surface area (Å²) in [6.45, 7) is 6.71. The molecule has 25 heavy (non-hydrogen) atoms. The molecule has 7 nitrogen and oxygen atoms in total. The number of thiophene rings is 1. The van der Waals surface area contributed by atoms with Crippen LogP contribution in [-0.4, -0.2) is 42.3 Å². The van der Waals surface area contributed by atoms with Gasteiger partial charge in [-0.25, -0.2) is 0 Å². The van der Waals surface area contributed by atoms with Crippen molar-refractivity contribution in [3.05, 3.63) is 40.7 Å². The maximum absolute atomic E-state index is 12.3. The largest absolute Gasteiger partial charge is 0.459 e. The van der Waals surface area contributed by atoms with Gasteiger partial charge in [-0.05, 0) is 44.5 Å². The van der Waals surface area contributed by atoms with Crippen LogP contribution in [-0.2, 0) is 4.79 Å². The number of likely N-dealkylation sites (N-methyl/N-ethyl adjacent to an activating group) is 1. The summed E-state index contributed by atoms with van der Waals surface area (Å²) in [5.41, 5.74) is 0.729. The highest BCUT2D eigenvalue weighted by Gasteiger charge is 2.18. The van der Waals surface area contributed by atoms with Gasteiger partial charge in [-0.1, -0.05) is 0 Å². The molecule has 8 heteroatoms. The molecule has 0 radical (unpaired) electrons.